The van der Waals surface area contributed by atoms with Gasteiger partial charge in [-0.05, 0) is 82.6 Å². The quantitative estimate of drug-likeness (QED) is 0.222. The molecular formula is C34H37ClF2N8O. The molecule has 12 heteroatoms. The molecule has 46 heavy (non-hydrogen) atoms. The third kappa shape index (κ3) is 5.27. The Morgan fingerprint density at radius 3 is 2.72 bits per heavy atom. The van der Waals surface area contributed by atoms with Gasteiger partial charge in [-0.1, -0.05) is 28.9 Å². The molecule has 2 aliphatic heterocycles. The number of benzene rings is 2. The van der Waals surface area contributed by atoms with Gasteiger partial charge in [0.05, 0.1) is 24.1 Å². The monoisotopic (exact) mass is 646 g/mol. The zero-order valence-corrected chi connectivity index (χ0v) is 27.4. The molecule has 0 N–H and O–H groups in total. The number of rotatable bonds is 7. The first-order chi connectivity index (χ1) is 22.0. The fraction of sp³-hybridized carbons (Fsp3) is 0.441. The van der Waals surface area contributed by atoms with E-state index in [4.69, 9.17) is 16.6 Å². The SMILES string of the molecule is Cc1cc2c(nc(N3CC(C)(N(C)C)C3)c3nnn([C@H]4CCN(C(=O)/C=C/CF)[C@H](CC#N)C4)c32)c(F)c1-c1cccc(Cl)c1C. The largest absolute Gasteiger partial charge is 0.351 e. The summed E-state index contributed by atoms with van der Waals surface area (Å²) >= 11 is 6.46. The van der Waals surface area contributed by atoms with Gasteiger partial charge in [0.2, 0.25) is 5.91 Å². The molecule has 0 aliphatic carbocycles. The molecule has 2 aromatic heterocycles. The Morgan fingerprint density at radius 1 is 1.26 bits per heavy atom. The number of halogens is 3. The predicted molar refractivity (Wildman–Crippen MR) is 176 cm³/mol. The van der Waals surface area contributed by atoms with Crippen LogP contribution in [0.5, 0.6) is 0 Å². The van der Waals surface area contributed by atoms with Crippen LogP contribution in [-0.2, 0) is 4.79 Å². The molecule has 0 unspecified atom stereocenters. The number of aryl methyl sites for hydroxylation is 1. The molecule has 0 radical (unpaired) electrons. The van der Waals surface area contributed by atoms with E-state index in [0.717, 1.165) is 11.1 Å². The van der Waals surface area contributed by atoms with E-state index in [9.17, 15) is 14.4 Å². The maximum Gasteiger partial charge on any atom is 0.246 e. The number of carbonyl (C=O) groups is 1. The normalized spacial score (nSPS) is 19.7. The van der Waals surface area contributed by atoms with E-state index in [2.05, 4.69) is 33.1 Å². The second-order valence-corrected chi connectivity index (χ2v) is 13.3. The van der Waals surface area contributed by atoms with Crippen LogP contribution < -0.4 is 4.90 Å². The van der Waals surface area contributed by atoms with Crippen LogP contribution >= 0.6 is 11.6 Å². The number of hydrogen-bond acceptors (Lipinski definition) is 7. The molecule has 9 nitrogen and oxygen atoms in total. The Bertz CT molecular complexity index is 1910. The second kappa shape index (κ2) is 12.2. The lowest BCUT2D eigenvalue weighted by Gasteiger charge is -2.52. The van der Waals surface area contributed by atoms with Crippen molar-refractivity contribution in [3.8, 4) is 17.2 Å². The lowest BCUT2D eigenvalue weighted by atomic mass is 9.90. The van der Waals surface area contributed by atoms with Crippen LogP contribution in [0.15, 0.2) is 36.4 Å². The third-order valence-electron chi connectivity index (χ3n) is 9.79. The Labute approximate surface area is 272 Å². The van der Waals surface area contributed by atoms with Crippen LogP contribution in [0.1, 0.15) is 43.4 Å². The Kier molecular flexibility index (Phi) is 8.46. The highest BCUT2D eigenvalue weighted by Gasteiger charge is 2.43. The molecule has 0 saturated carbocycles. The van der Waals surface area contributed by atoms with E-state index < -0.39 is 12.5 Å². The molecule has 4 aromatic rings. The minimum Gasteiger partial charge on any atom is -0.351 e. The first kappa shape index (κ1) is 31.8. The smallest absolute Gasteiger partial charge is 0.246 e. The van der Waals surface area contributed by atoms with Crippen molar-refractivity contribution >= 4 is 45.3 Å². The van der Waals surface area contributed by atoms with Gasteiger partial charge in [-0.25, -0.2) is 18.4 Å². The van der Waals surface area contributed by atoms with Crippen LogP contribution in [0.4, 0.5) is 14.6 Å². The van der Waals surface area contributed by atoms with Crippen molar-refractivity contribution in [3.63, 3.8) is 0 Å². The summed E-state index contributed by atoms with van der Waals surface area (Å²) in [7, 11) is 4.09. The number of piperidine rings is 1. The molecule has 2 atom stereocenters. The number of anilines is 1. The molecule has 2 aromatic carbocycles. The standard InChI is InChI=1S/C34H37ClF2N8O/c1-20-16-25-30(29(37)28(20)24-8-6-9-26(35)21(24)2)39-33(43-18-34(3,19-43)42(4)5)31-32(25)45(41-40-31)23-12-15-44(22(17-23)11-14-38)27(46)10-7-13-36/h6-10,16,22-23H,11-13,15,17-19H2,1-5H3/b10-7+/t22-,23+/m1/s1. The lowest BCUT2D eigenvalue weighted by Crippen LogP contribution is -2.67. The van der Waals surface area contributed by atoms with Gasteiger partial charge in [0.25, 0.3) is 0 Å². The molecule has 6 rings (SSSR count). The van der Waals surface area contributed by atoms with E-state index in [1.807, 2.05) is 50.8 Å². The summed E-state index contributed by atoms with van der Waals surface area (Å²) < 4.78 is 31.5. The van der Waals surface area contributed by atoms with E-state index in [-0.39, 0.29) is 35.5 Å². The van der Waals surface area contributed by atoms with Crippen molar-refractivity contribution in [1.29, 1.82) is 5.26 Å². The number of likely N-dealkylation sites (tertiary alicyclic amines) is 1. The number of aromatic nitrogens is 4. The number of nitriles is 1. The number of carbonyl (C=O) groups excluding carboxylic acids is 1. The number of alkyl halides is 1. The van der Waals surface area contributed by atoms with Gasteiger partial charge in [0.1, 0.15) is 17.7 Å². The molecule has 2 fully saturated rings. The van der Waals surface area contributed by atoms with E-state index in [0.29, 0.717) is 70.9 Å². The average molecular weight is 647 g/mol. The van der Waals surface area contributed by atoms with Crippen molar-refractivity contribution < 1.29 is 13.6 Å². The zero-order valence-electron chi connectivity index (χ0n) is 26.7. The van der Waals surface area contributed by atoms with E-state index in [1.54, 1.807) is 11.0 Å². The minimum absolute atomic E-state index is 0.0751. The summed E-state index contributed by atoms with van der Waals surface area (Å²) in [6, 6.07) is 9.02. The molecule has 2 saturated heterocycles. The number of hydrogen-bond donors (Lipinski definition) is 0. The van der Waals surface area contributed by atoms with Gasteiger partial charge in [-0.3, -0.25) is 4.79 Å². The van der Waals surface area contributed by atoms with Crippen molar-refractivity contribution in [2.45, 2.75) is 57.7 Å². The average Bonchev–Trinajstić information content (AvgIpc) is 3.46. The van der Waals surface area contributed by atoms with Crippen LogP contribution in [-0.4, -0.2) is 87.7 Å². The number of pyridine rings is 1. The zero-order chi connectivity index (χ0) is 32.9. The predicted octanol–water partition coefficient (Wildman–Crippen LogP) is 6.17. The van der Waals surface area contributed by atoms with Crippen LogP contribution in [0.2, 0.25) is 5.02 Å². The van der Waals surface area contributed by atoms with Crippen LogP contribution in [0.25, 0.3) is 33.1 Å². The molecule has 0 bridgehead atoms. The molecule has 2 aliphatic rings. The van der Waals surface area contributed by atoms with Crippen molar-refractivity contribution in [2.75, 3.05) is 45.3 Å². The summed E-state index contributed by atoms with van der Waals surface area (Å²) in [6.45, 7) is 6.93. The van der Waals surface area contributed by atoms with E-state index in [1.165, 1.54) is 12.2 Å². The summed E-state index contributed by atoms with van der Waals surface area (Å²) in [6.07, 6.45) is 3.51. The number of nitrogens with zero attached hydrogens (tertiary/aromatic N) is 8. The second-order valence-electron chi connectivity index (χ2n) is 12.9. The number of allylic oxidation sites excluding steroid dienone is 1. The maximum absolute atomic E-state index is 16.9. The van der Waals surface area contributed by atoms with E-state index >= 15 is 4.39 Å². The van der Waals surface area contributed by atoms with Crippen molar-refractivity contribution in [1.82, 2.24) is 29.8 Å². The highest BCUT2D eigenvalue weighted by Crippen LogP contribution is 2.42. The van der Waals surface area contributed by atoms with Gasteiger partial charge in [0, 0.05) is 47.7 Å². The highest BCUT2D eigenvalue weighted by atomic mass is 35.5. The van der Waals surface area contributed by atoms with Crippen LogP contribution in [0.3, 0.4) is 0 Å². The van der Waals surface area contributed by atoms with Crippen molar-refractivity contribution in [3.05, 3.63) is 58.4 Å². The topological polar surface area (TPSA) is 94.2 Å². The van der Waals surface area contributed by atoms with Gasteiger partial charge >= 0.3 is 0 Å². The summed E-state index contributed by atoms with van der Waals surface area (Å²) in [5.74, 6) is -0.184. The molecule has 4 heterocycles. The highest BCUT2D eigenvalue weighted by molar-refractivity contribution is 6.31. The first-order valence-corrected chi connectivity index (χ1v) is 15.8. The van der Waals surface area contributed by atoms with Gasteiger partial charge in [0.15, 0.2) is 17.2 Å². The fourth-order valence-electron chi connectivity index (χ4n) is 6.89. The Balaban J connectivity index is 1.52. The summed E-state index contributed by atoms with van der Waals surface area (Å²) in [5.41, 5.74) is 4.08. The maximum atomic E-state index is 16.9. The third-order valence-corrected chi connectivity index (χ3v) is 10.2. The van der Waals surface area contributed by atoms with Crippen molar-refractivity contribution in [2.24, 2.45) is 0 Å². The number of amides is 1. The fourth-order valence-corrected chi connectivity index (χ4v) is 7.06. The van der Waals surface area contributed by atoms with Gasteiger partial charge in [-0.2, -0.15) is 5.26 Å². The molecule has 240 valence electrons. The van der Waals surface area contributed by atoms with Gasteiger partial charge in [-0.15, -0.1) is 5.10 Å². The number of fused-ring (bicyclic) bond motifs is 3. The molecular weight excluding hydrogens is 610 g/mol. The molecule has 1 amide bonds. The Hall–Kier alpha value is -4.14. The number of likely N-dealkylation sites (N-methyl/N-ethyl adjacent to an activating group) is 1. The summed E-state index contributed by atoms with van der Waals surface area (Å²) in [4.78, 5) is 23.7. The summed E-state index contributed by atoms with van der Waals surface area (Å²) in [5, 5.41) is 20.0. The lowest BCUT2D eigenvalue weighted by molar-refractivity contribution is -0.130. The Morgan fingerprint density at radius 2 is 2.02 bits per heavy atom. The first-order valence-electron chi connectivity index (χ1n) is 15.4. The minimum atomic E-state index is -0.737. The van der Waals surface area contributed by atoms with Gasteiger partial charge < -0.3 is 14.7 Å². The van der Waals surface area contributed by atoms with Crippen LogP contribution in [0, 0.1) is 31.0 Å². The molecule has 0 spiro atoms.